The quantitative estimate of drug-likeness (QED) is 0.257. The maximum absolute atomic E-state index is 10.7. The third-order valence-corrected chi connectivity index (χ3v) is 6.06. The second kappa shape index (κ2) is 5.82. The van der Waals surface area contributed by atoms with Crippen molar-refractivity contribution in [3.8, 4) is 0 Å². The minimum atomic E-state index is -0.379. The van der Waals surface area contributed by atoms with E-state index in [1.54, 1.807) is 54.1 Å². The van der Waals surface area contributed by atoms with Gasteiger partial charge in [0.2, 0.25) is 0 Å². The Morgan fingerprint density at radius 3 is 3.00 bits per heavy atom. The molecule has 4 rings (SSSR count). The van der Waals surface area contributed by atoms with E-state index in [2.05, 4.69) is 19.5 Å². The minimum absolute atomic E-state index is 0.122. The number of benzene rings is 1. The van der Waals surface area contributed by atoms with Crippen molar-refractivity contribution < 1.29 is 9.49 Å². The van der Waals surface area contributed by atoms with Crippen LogP contribution in [0.4, 0.5) is 5.69 Å². The molecule has 9 heteroatoms. The Bertz CT molecular complexity index is 881. The Morgan fingerprint density at radius 2 is 2.22 bits per heavy atom. The lowest BCUT2D eigenvalue weighted by Crippen LogP contribution is -2.40. The van der Waals surface area contributed by atoms with Crippen LogP contribution in [-0.2, 0) is 0 Å². The molecule has 0 saturated carbocycles. The average molecular weight is 346 g/mol. The summed E-state index contributed by atoms with van der Waals surface area (Å²) in [6.07, 6.45) is 3.51. The number of thioether (sulfide) groups is 2. The maximum atomic E-state index is 10.7. The van der Waals surface area contributed by atoms with Crippen LogP contribution >= 0.6 is 23.5 Å². The van der Waals surface area contributed by atoms with Gasteiger partial charge in [-0.3, -0.25) is 10.1 Å². The van der Waals surface area contributed by atoms with Crippen LogP contribution in [0.1, 0.15) is 6.04 Å². The fourth-order valence-corrected chi connectivity index (χ4v) is 4.90. The van der Waals surface area contributed by atoms with Crippen molar-refractivity contribution in [2.45, 2.75) is 16.0 Å². The molecule has 0 fully saturated rings. The van der Waals surface area contributed by atoms with Gasteiger partial charge in [0, 0.05) is 28.5 Å². The van der Waals surface area contributed by atoms with E-state index in [9.17, 15) is 10.1 Å². The molecule has 2 aromatic heterocycles. The lowest BCUT2D eigenvalue weighted by Gasteiger charge is -2.07. The zero-order valence-electron chi connectivity index (χ0n) is 11.9. The maximum Gasteiger partial charge on any atom is 0.296 e. The number of H-pyrrole nitrogens is 1. The SMILES string of the molecule is O=[N+]([O-])c1ccc(SCC2CSc3c4[nH]cnc4nc[n+]32)cc1. The molecule has 7 nitrogen and oxygen atoms in total. The number of nitro groups is 1. The fraction of sp³-hybridized carbons (Fsp3) is 0.214. The van der Waals surface area contributed by atoms with Crippen molar-refractivity contribution in [2.75, 3.05) is 11.5 Å². The van der Waals surface area contributed by atoms with E-state index < -0.39 is 0 Å². The molecule has 3 aromatic rings. The summed E-state index contributed by atoms with van der Waals surface area (Å²) in [7, 11) is 0. The van der Waals surface area contributed by atoms with Crippen LogP contribution in [0.15, 0.2) is 46.8 Å². The first-order valence-electron chi connectivity index (χ1n) is 6.95. The molecule has 3 heterocycles. The van der Waals surface area contributed by atoms with Crippen LogP contribution in [-0.4, -0.2) is 31.4 Å². The highest BCUT2D eigenvalue weighted by Crippen LogP contribution is 2.33. The first-order chi connectivity index (χ1) is 11.2. The Labute approximate surface area is 139 Å². The second-order valence-corrected chi connectivity index (χ2v) is 7.19. The second-order valence-electron chi connectivity index (χ2n) is 5.08. The molecule has 0 bridgehead atoms. The summed E-state index contributed by atoms with van der Waals surface area (Å²) >= 11 is 3.50. The van der Waals surface area contributed by atoms with Gasteiger partial charge in [-0.05, 0) is 17.1 Å². The Morgan fingerprint density at radius 1 is 1.39 bits per heavy atom. The number of imidazole rings is 1. The van der Waals surface area contributed by atoms with E-state index in [4.69, 9.17) is 0 Å². The Balaban J connectivity index is 1.50. The van der Waals surface area contributed by atoms with Gasteiger partial charge in [0.15, 0.2) is 10.5 Å². The summed E-state index contributed by atoms with van der Waals surface area (Å²) in [6.45, 7) is 0. The van der Waals surface area contributed by atoms with Gasteiger partial charge in [-0.2, -0.15) is 4.98 Å². The predicted molar refractivity (Wildman–Crippen MR) is 87.7 cm³/mol. The Hall–Kier alpha value is -2.13. The van der Waals surface area contributed by atoms with Gasteiger partial charge in [-0.25, -0.2) is 4.57 Å². The lowest BCUT2D eigenvalue weighted by molar-refractivity contribution is -0.744. The monoisotopic (exact) mass is 346 g/mol. The number of aromatic nitrogens is 4. The minimum Gasteiger partial charge on any atom is -0.337 e. The fourth-order valence-electron chi connectivity index (χ4n) is 2.49. The van der Waals surface area contributed by atoms with Gasteiger partial charge in [0.25, 0.3) is 17.7 Å². The van der Waals surface area contributed by atoms with Crippen molar-refractivity contribution in [1.29, 1.82) is 0 Å². The molecule has 1 N–H and O–H groups in total. The van der Waals surface area contributed by atoms with E-state index in [1.807, 2.05) is 6.33 Å². The highest BCUT2D eigenvalue weighted by Gasteiger charge is 2.31. The zero-order valence-corrected chi connectivity index (χ0v) is 13.5. The van der Waals surface area contributed by atoms with Crippen LogP contribution in [0.5, 0.6) is 0 Å². The van der Waals surface area contributed by atoms with Gasteiger partial charge in [0.05, 0.1) is 11.3 Å². The standard InChI is InChI=1S/C14H11N5O2S2/c20-19(21)9-1-3-11(4-2-9)22-5-10-6-23-14-12-13(16-7-15-12)17-8-18(10)14/h1-4,7-8,10H,5-6H2/p+1. The summed E-state index contributed by atoms with van der Waals surface area (Å²) in [6, 6.07) is 7.03. The molecule has 1 unspecified atom stereocenters. The van der Waals surface area contributed by atoms with E-state index >= 15 is 0 Å². The van der Waals surface area contributed by atoms with Crippen molar-refractivity contribution in [3.63, 3.8) is 0 Å². The summed E-state index contributed by atoms with van der Waals surface area (Å²) in [4.78, 5) is 23.0. The number of non-ortho nitro benzene ring substituents is 1. The highest BCUT2D eigenvalue weighted by molar-refractivity contribution is 8.00. The third kappa shape index (κ3) is 2.66. The van der Waals surface area contributed by atoms with Crippen LogP contribution in [0.3, 0.4) is 0 Å². The van der Waals surface area contributed by atoms with E-state index in [1.165, 1.54) is 5.03 Å². The normalized spacial score (nSPS) is 16.6. The van der Waals surface area contributed by atoms with Gasteiger partial charge in [-0.15, -0.1) is 11.8 Å². The van der Waals surface area contributed by atoms with Crippen molar-refractivity contribution in [2.24, 2.45) is 0 Å². The van der Waals surface area contributed by atoms with Gasteiger partial charge >= 0.3 is 0 Å². The summed E-state index contributed by atoms with van der Waals surface area (Å²) in [5.74, 6) is 1.88. The molecule has 116 valence electrons. The van der Waals surface area contributed by atoms with Crippen molar-refractivity contribution in [3.05, 3.63) is 47.0 Å². The molecule has 0 radical (unpaired) electrons. The topological polar surface area (TPSA) is 88.6 Å². The van der Waals surface area contributed by atoms with E-state index in [-0.39, 0.29) is 10.6 Å². The smallest absolute Gasteiger partial charge is 0.296 e. The molecule has 1 aliphatic heterocycles. The molecule has 23 heavy (non-hydrogen) atoms. The summed E-state index contributed by atoms with van der Waals surface area (Å²) in [5.41, 5.74) is 1.85. The molecule has 0 saturated heterocycles. The molecule has 0 spiro atoms. The van der Waals surface area contributed by atoms with E-state index in [0.29, 0.717) is 6.04 Å². The van der Waals surface area contributed by atoms with Crippen LogP contribution in [0.2, 0.25) is 0 Å². The molecule has 1 atom stereocenters. The molecule has 0 amide bonds. The first kappa shape index (κ1) is 14.5. The first-order valence-corrected chi connectivity index (χ1v) is 8.93. The van der Waals surface area contributed by atoms with Gasteiger partial charge in [-0.1, -0.05) is 11.8 Å². The summed E-state index contributed by atoms with van der Waals surface area (Å²) < 4.78 is 2.18. The van der Waals surface area contributed by atoms with E-state index in [0.717, 1.165) is 27.6 Å². The average Bonchev–Trinajstić information content (AvgIpc) is 3.19. The van der Waals surface area contributed by atoms with Crippen molar-refractivity contribution in [1.82, 2.24) is 15.0 Å². The number of nitro benzene ring substituents is 1. The van der Waals surface area contributed by atoms with Gasteiger partial charge in [0.1, 0.15) is 6.04 Å². The zero-order chi connectivity index (χ0) is 15.8. The third-order valence-electron chi connectivity index (χ3n) is 3.67. The molecule has 0 aliphatic carbocycles. The highest BCUT2D eigenvalue weighted by atomic mass is 32.2. The number of hydrogen-bond donors (Lipinski definition) is 1. The van der Waals surface area contributed by atoms with Crippen LogP contribution in [0, 0.1) is 10.1 Å². The number of nitrogens with zero attached hydrogens (tertiary/aromatic N) is 4. The number of rotatable bonds is 4. The number of nitrogens with one attached hydrogen (secondary N) is 1. The predicted octanol–water partition coefficient (Wildman–Crippen LogP) is 2.59. The number of aromatic amines is 1. The largest absolute Gasteiger partial charge is 0.337 e. The molecule has 1 aliphatic rings. The Kier molecular flexibility index (Phi) is 3.66. The number of fused-ring (bicyclic) bond motifs is 3. The molecule has 1 aromatic carbocycles. The lowest BCUT2D eigenvalue weighted by atomic mass is 10.3. The van der Waals surface area contributed by atoms with Crippen molar-refractivity contribution >= 4 is 40.4 Å². The molecular weight excluding hydrogens is 334 g/mol. The van der Waals surface area contributed by atoms with Crippen LogP contribution in [0.25, 0.3) is 11.2 Å². The van der Waals surface area contributed by atoms with Crippen LogP contribution < -0.4 is 4.57 Å². The summed E-state index contributed by atoms with van der Waals surface area (Å²) in [5, 5.41) is 11.8. The van der Waals surface area contributed by atoms with Gasteiger partial charge < -0.3 is 4.98 Å². The molecular formula is C14H12N5O2S2+. The number of hydrogen-bond acceptors (Lipinski definition) is 6.